The van der Waals surface area contributed by atoms with E-state index >= 15 is 0 Å². The fourth-order valence-corrected chi connectivity index (χ4v) is 10.3. The zero-order valence-corrected chi connectivity index (χ0v) is 45.9. The number of aliphatic hydroxyl groups excluding tert-OH is 7. The van der Waals surface area contributed by atoms with Crippen LogP contribution in [0.3, 0.4) is 0 Å². The largest absolute Gasteiger partial charge is 0.463 e. The Kier molecular flexibility index (Phi) is 25.7. The Labute approximate surface area is 447 Å². The molecular weight excluding hydrogens is 1000 g/mol. The number of hydrogen-bond acceptors (Lipinski definition) is 22. The van der Waals surface area contributed by atoms with Gasteiger partial charge in [-0.3, -0.25) is 14.4 Å². The predicted octanol–water partition coefficient (Wildman–Crippen LogP) is 2.95. The van der Waals surface area contributed by atoms with Gasteiger partial charge in [-0.1, -0.05) is 84.6 Å². The molecule has 0 radical (unpaired) electrons. The Hall–Kier alpha value is -2.94. The van der Waals surface area contributed by atoms with Crippen molar-refractivity contribution in [2.24, 2.45) is 17.8 Å². The lowest BCUT2D eigenvalue weighted by Crippen LogP contribution is -2.70. The minimum absolute atomic E-state index is 0.0861. The van der Waals surface area contributed by atoms with Crippen molar-refractivity contribution in [3.63, 3.8) is 0 Å². The summed E-state index contributed by atoms with van der Waals surface area (Å²) in [5, 5.41) is 81.2. The number of allylic oxidation sites excluding steroid dienone is 1. The number of aliphatic hydroxyl groups is 7. The van der Waals surface area contributed by atoms with Crippen molar-refractivity contribution in [3.8, 4) is 0 Å². The molecule has 0 saturated carbocycles. The summed E-state index contributed by atoms with van der Waals surface area (Å²) in [6.45, 7) is 13.9. The van der Waals surface area contributed by atoms with E-state index in [2.05, 4.69) is 6.92 Å². The summed E-state index contributed by atoms with van der Waals surface area (Å²) < 4.78 is 68.6. The van der Waals surface area contributed by atoms with Crippen LogP contribution in [0.4, 0.5) is 0 Å². The second-order valence-electron chi connectivity index (χ2n) is 21.5. The van der Waals surface area contributed by atoms with Crippen molar-refractivity contribution in [2.75, 3.05) is 6.61 Å². The van der Waals surface area contributed by atoms with Crippen LogP contribution >= 0.6 is 0 Å². The second kappa shape index (κ2) is 30.6. The highest BCUT2D eigenvalue weighted by Crippen LogP contribution is 2.41. The molecule has 76 heavy (non-hydrogen) atoms. The molecule has 0 aromatic carbocycles. The molecule has 22 heteroatoms. The van der Waals surface area contributed by atoms with Crippen molar-refractivity contribution < 1.29 is 107 Å². The number of fused-ring (bicyclic) bond motifs is 5. The molecular formula is C54H90O22. The van der Waals surface area contributed by atoms with E-state index in [-0.39, 0.29) is 12.5 Å². The van der Waals surface area contributed by atoms with E-state index in [1.54, 1.807) is 27.7 Å². The molecule has 5 rings (SSSR count). The number of esters is 4. The minimum Gasteiger partial charge on any atom is -0.463 e. The Bertz CT molecular complexity index is 1820. The molecule has 0 spiro atoms. The van der Waals surface area contributed by atoms with Crippen molar-refractivity contribution in [2.45, 2.75) is 281 Å². The first-order valence-corrected chi connectivity index (χ1v) is 27.9. The second-order valence-corrected chi connectivity index (χ2v) is 21.5. The lowest BCUT2D eigenvalue weighted by molar-refractivity contribution is -0.378. The molecule has 24 atom stereocenters. The minimum atomic E-state index is -1.97. The lowest BCUT2D eigenvalue weighted by atomic mass is 9.80. The van der Waals surface area contributed by atoms with Crippen molar-refractivity contribution in [3.05, 3.63) is 12.2 Å². The van der Waals surface area contributed by atoms with Crippen molar-refractivity contribution in [1.29, 1.82) is 0 Å². The van der Waals surface area contributed by atoms with Crippen LogP contribution < -0.4 is 0 Å². The van der Waals surface area contributed by atoms with E-state index in [0.717, 1.165) is 57.4 Å². The van der Waals surface area contributed by atoms with Crippen LogP contribution in [0.25, 0.3) is 0 Å². The van der Waals surface area contributed by atoms with Crippen LogP contribution in [0.1, 0.15) is 152 Å². The molecule has 0 aromatic rings. The van der Waals surface area contributed by atoms with E-state index < -0.39 is 171 Å². The lowest BCUT2D eigenvalue weighted by Gasteiger charge is -2.52. The number of hydrogen-bond donors (Lipinski definition) is 7. The fraction of sp³-hybridized carbons (Fsp3) is 0.889. The van der Waals surface area contributed by atoms with Gasteiger partial charge in [0.05, 0.1) is 60.5 Å². The van der Waals surface area contributed by atoms with Gasteiger partial charge in [0.25, 0.3) is 0 Å². The normalized spacial score (nSPS) is 40.7. The predicted molar refractivity (Wildman–Crippen MR) is 267 cm³/mol. The maximum Gasteiger partial charge on any atom is 0.330 e. The van der Waals surface area contributed by atoms with E-state index in [9.17, 15) is 54.9 Å². The van der Waals surface area contributed by atoms with Gasteiger partial charge >= 0.3 is 23.9 Å². The highest BCUT2D eigenvalue weighted by molar-refractivity contribution is 5.82. The summed E-state index contributed by atoms with van der Waals surface area (Å²) in [6.07, 6.45) is -19.4. The Morgan fingerprint density at radius 2 is 1.32 bits per heavy atom. The smallest absolute Gasteiger partial charge is 0.330 e. The molecule has 22 nitrogen and oxygen atoms in total. The molecule has 2 bridgehead atoms. The average molecular weight is 1090 g/mol. The standard InChI is InChI=1S/C54H90O22/c1-10-13-19-23-33-24-20-17-15-14-16-18-21-25-36(57)73-48-45(75-53-43(63)42(62)44(31(8)68-53)72-35(56)22-11-2)32(9)69-54(49(48)74-51(65)28(5)29(6)55)76-47-41(61)39(59)34(26-66-50(64)27(4)12-3)71-46(47)37-40(60)38(58)30(7)67-52(37)70-33/h11,22,27-34,37-49,52-55,58-63H,10,12-21,23-26H2,1-9H3/b22-11+/t27-,28?,29+,30+,31+,32-,33?,34+,37-,38+,39+,40+,41-,42+,43+,44+,45-,46-,47+,48+,49+,52-,53-,54-/m0/s1. The average Bonchev–Trinajstić information content (AvgIpc) is 3.37. The number of rotatable bonds is 15. The van der Waals surface area contributed by atoms with Crippen LogP contribution in [0.15, 0.2) is 12.2 Å². The number of unbranched alkanes of at least 4 members (excludes halogenated alkanes) is 2. The van der Waals surface area contributed by atoms with Gasteiger partial charge in [0.2, 0.25) is 0 Å². The molecule has 2 unspecified atom stereocenters. The van der Waals surface area contributed by atoms with Gasteiger partial charge < -0.3 is 87.9 Å². The van der Waals surface area contributed by atoms with Crippen LogP contribution in [0.5, 0.6) is 0 Å². The molecule has 5 aliphatic rings. The summed E-state index contributed by atoms with van der Waals surface area (Å²) in [4.78, 5) is 53.5. The number of ether oxygens (including phenoxy) is 11. The topological polar surface area (TPSA) is 311 Å². The molecule has 5 heterocycles. The number of carbonyl (C=O) groups is 4. The van der Waals surface area contributed by atoms with E-state index in [1.807, 2.05) is 0 Å². The summed E-state index contributed by atoms with van der Waals surface area (Å²) >= 11 is 0. The van der Waals surface area contributed by atoms with Gasteiger partial charge in [-0.15, -0.1) is 0 Å². The van der Waals surface area contributed by atoms with E-state index in [1.165, 1.54) is 33.8 Å². The monoisotopic (exact) mass is 1090 g/mol. The zero-order chi connectivity index (χ0) is 56.0. The first-order chi connectivity index (χ1) is 36.1. The summed E-state index contributed by atoms with van der Waals surface area (Å²) in [5.41, 5.74) is 0. The van der Waals surface area contributed by atoms with Gasteiger partial charge in [-0.05, 0) is 67.2 Å². The maximum atomic E-state index is 14.1. The Morgan fingerprint density at radius 3 is 1.97 bits per heavy atom. The molecule has 0 aromatic heterocycles. The van der Waals surface area contributed by atoms with Crippen molar-refractivity contribution in [1.82, 2.24) is 0 Å². The quantitative estimate of drug-likeness (QED) is 0.0537. The number of carbonyl (C=O) groups excluding carboxylic acids is 4. The van der Waals surface area contributed by atoms with Crippen molar-refractivity contribution >= 4 is 23.9 Å². The SMILES string of the molecule is C/C=C/C(=O)O[C@H]1[C@H](O)[C@@H](O)[C@H](O[C@@H]2[C@H]3OC(=O)CCCCCCCCCC(CCCCC)O[C@@H]4O[C@H](C)[C@@H](O)[C@H](O)[C@H]4[C@@H]4O[C@H](COC(=O)[C@@H](C)CC)[C@@H](O)[C@H](O)[C@H]4O[C@H](O[C@H]2C)[C@@H]3OC(=O)C(C)[C@@H](C)O)O[C@@H]1C. The van der Waals surface area contributed by atoms with Gasteiger partial charge in [-0.25, -0.2) is 4.79 Å². The third-order valence-electron chi connectivity index (χ3n) is 15.5. The molecule has 7 N–H and O–H groups in total. The molecule has 5 aliphatic heterocycles. The van der Waals surface area contributed by atoms with Crippen LogP contribution in [-0.2, 0) is 71.3 Å². The van der Waals surface area contributed by atoms with Gasteiger partial charge in [0, 0.05) is 12.5 Å². The first kappa shape index (κ1) is 63.9. The highest BCUT2D eigenvalue weighted by Gasteiger charge is 2.60. The van der Waals surface area contributed by atoms with Gasteiger partial charge in [0.15, 0.2) is 37.2 Å². The molecule has 0 amide bonds. The Morgan fingerprint density at radius 1 is 0.658 bits per heavy atom. The van der Waals surface area contributed by atoms with E-state index in [4.69, 9.17) is 52.1 Å². The van der Waals surface area contributed by atoms with E-state index in [0.29, 0.717) is 32.1 Å². The first-order valence-electron chi connectivity index (χ1n) is 27.9. The molecule has 5 saturated heterocycles. The third-order valence-corrected chi connectivity index (χ3v) is 15.5. The molecule has 0 aliphatic carbocycles. The summed E-state index contributed by atoms with van der Waals surface area (Å²) in [7, 11) is 0. The van der Waals surface area contributed by atoms with Crippen LogP contribution in [0, 0.1) is 17.8 Å². The fourth-order valence-electron chi connectivity index (χ4n) is 10.3. The van der Waals surface area contributed by atoms with Crippen LogP contribution in [-0.4, -0.2) is 195 Å². The van der Waals surface area contributed by atoms with Crippen LogP contribution in [0.2, 0.25) is 0 Å². The molecule has 5 fully saturated rings. The Balaban J connectivity index is 1.63. The zero-order valence-electron chi connectivity index (χ0n) is 45.9. The summed E-state index contributed by atoms with van der Waals surface area (Å²) in [6, 6.07) is 0. The summed E-state index contributed by atoms with van der Waals surface area (Å²) in [5.74, 6) is -6.28. The van der Waals surface area contributed by atoms with Gasteiger partial charge in [0.1, 0.15) is 55.4 Å². The molecule has 438 valence electrons. The highest BCUT2D eigenvalue weighted by atomic mass is 16.8. The maximum absolute atomic E-state index is 14.1. The third kappa shape index (κ3) is 16.8. The van der Waals surface area contributed by atoms with Gasteiger partial charge in [-0.2, -0.15) is 0 Å².